The van der Waals surface area contributed by atoms with Crippen LogP contribution in [0.5, 0.6) is 0 Å². The molecule has 2 unspecified atom stereocenters. The number of piperidine rings is 1. The first-order valence-corrected chi connectivity index (χ1v) is 11.3. The number of hydrogen-bond acceptors (Lipinski definition) is 7. The summed E-state index contributed by atoms with van der Waals surface area (Å²) < 4.78 is 53.9. The smallest absolute Gasteiger partial charge is 0.391 e. The normalized spacial score (nSPS) is 19.1. The lowest BCUT2D eigenvalue weighted by Gasteiger charge is -2.35. The number of anilines is 2. The molecule has 1 aliphatic rings. The number of nitrogens with zero attached hydrogens (tertiary/aromatic N) is 4. The zero-order valence-corrected chi connectivity index (χ0v) is 19.6. The SMILES string of the molecule is CC(C)N(Cc1ccc(C(F)(F)F)cc1)c1ncnc(NCC2CCN(CC(N)=O)CC2O)c1F. The van der Waals surface area contributed by atoms with E-state index in [0.717, 1.165) is 12.1 Å². The molecule has 35 heavy (non-hydrogen) atoms. The molecule has 0 saturated carbocycles. The van der Waals surface area contributed by atoms with Gasteiger partial charge in [0, 0.05) is 31.6 Å². The summed E-state index contributed by atoms with van der Waals surface area (Å²) in [5.41, 5.74) is 5.03. The summed E-state index contributed by atoms with van der Waals surface area (Å²) in [5, 5.41) is 13.4. The molecule has 0 radical (unpaired) electrons. The third-order valence-corrected chi connectivity index (χ3v) is 6.02. The van der Waals surface area contributed by atoms with Crippen LogP contribution in [-0.4, -0.2) is 64.2 Å². The van der Waals surface area contributed by atoms with E-state index in [2.05, 4.69) is 15.3 Å². The minimum absolute atomic E-state index is 0.0224. The van der Waals surface area contributed by atoms with Crippen molar-refractivity contribution in [1.82, 2.24) is 14.9 Å². The number of rotatable bonds is 9. The van der Waals surface area contributed by atoms with Crippen LogP contribution in [0.4, 0.5) is 29.2 Å². The summed E-state index contributed by atoms with van der Waals surface area (Å²) in [6.07, 6.45) is -3.34. The lowest BCUT2D eigenvalue weighted by atomic mass is 9.93. The van der Waals surface area contributed by atoms with Crippen LogP contribution in [-0.2, 0) is 17.5 Å². The summed E-state index contributed by atoms with van der Waals surface area (Å²) >= 11 is 0. The van der Waals surface area contributed by atoms with Crippen LogP contribution >= 0.6 is 0 Å². The van der Waals surface area contributed by atoms with Crippen molar-refractivity contribution in [1.29, 1.82) is 0 Å². The minimum Gasteiger partial charge on any atom is -0.391 e. The van der Waals surface area contributed by atoms with Gasteiger partial charge in [0.15, 0.2) is 11.6 Å². The van der Waals surface area contributed by atoms with Crippen LogP contribution in [0.1, 0.15) is 31.4 Å². The average Bonchev–Trinajstić information content (AvgIpc) is 2.77. The first-order valence-electron chi connectivity index (χ1n) is 11.3. The van der Waals surface area contributed by atoms with Crippen molar-refractivity contribution in [3.63, 3.8) is 0 Å². The Morgan fingerprint density at radius 1 is 1.29 bits per heavy atom. The van der Waals surface area contributed by atoms with Gasteiger partial charge < -0.3 is 21.1 Å². The number of carbonyl (C=O) groups is 1. The highest BCUT2D eigenvalue weighted by Gasteiger charge is 2.31. The summed E-state index contributed by atoms with van der Waals surface area (Å²) in [5.74, 6) is -1.33. The number of alkyl halides is 3. The van der Waals surface area contributed by atoms with Gasteiger partial charge >= 0.3 is 6.18 Å². The van der Waals surface area contributed by atoms with E-state index in [4.69, 9.17) is 5.73 Å². The third-order valence-electron chi connectivity index (χ3n) is 6.02. The zero-order chi connectivity index (χ0) is 25.8. The molecule has 2 heterocycles. The van der Waals surface area contributed by atoms with Gasteiger partial charge in [0.1, 0.15) is 6.33 Å². The first-order chi connectivity index (χ1) is 16.5. The molecule has 3 rings (SSSR count). The second-order valence-corrected chi connectivity index (χ2v) is 8.97. The zero-order valence-electron chi connectivity index (χ0n) is 19.6. The summed E-state index contributed by atoms with van der Waals surface area (Å²) in [6, 6.07) is 4.52. The van der Waals surface area contributed by atoms with E-state index in [1.54, 1.807) is 9.80 Å². The fraction of sp³-hybridized carbons (Fsp3) is 0.522. The van der Waals surface area contributed by atoms with Gasteiger partial charge in [0.05, 0.1) is 18.2 Å². The standard InChI is InChI=1S/C23H30F4N6O2/c1-14(2)33(10-15-3-5-17(6-4-15)23(25,26)27)22-20(24)21(30-13-31-22)29-9-16-7-8-32(11-18(16)34)12-19(28)35/h3-6,13-14,16,18,34H,7-12H2,1-2H3,(H2,28,35)(H,29,30,31). The summed E-state index contributed by atoms with van der Waals surface area (Å²) in [7, 11) is 0. The molecule has 0 bridgehead atoms. The van der Waals surface area contributed by atoms with Crippen molar-refractivity contribution in [2.75, 3.05) is 36.4 Å². The Balaban J connectivity index is 1.69. The van der Waals surface area contributed by atoms with Crippen molar-refractivity contribution in [3.05, 3.63) is 47.5 Å². The van der Waals surface area contributed by atoms with E-state index in [9.17, 15) is 23.1 Å². The van der Waals surface area contributed by atoms with Crippen molar-refractivity contribution >= 4 is 17.5 Å². The quantitative estimate of drug-likeness (QED) is 0.456. The Bertz CT molecular complexity index is 1000. The lowest BCUT2D eigenvalue weighted by Crippen LogP contribution is -2.48. The maximum absolute atomic E-state index is 15.4. The molecule has 1 aromatic heterocycles. The van der Waals surface area contributed by atoms with E-state index < -0.39 is 29.6 Å². The second-order valence-electron chi connectivity index (χ2n) is 8.97. The monoisotopic (exact) mass is 498 g/mol. The maximum Gasteiger partial charge on any atom is 0.416 e. The number of likely N-dealkylation sites (tertiary alicyclic amines) is 1. The van der Waals surface area contributed by atoms with Crippen molar-refractivity contribution in [2.24, 2.45) is 11.7 Å². The Morgan fingerprint density at radius 2 is 1.97 bits per heavy atom. The van der Waals surface area contributed by atoms with Gasteiger partial charge in [-0.3, -0.25) is 9.69 Å². The molecule has 1 saturated heterocycles. The fourth-order valence-corrected chi connectivity index (χ4v) is 4.06. The van der Waals surface area contributed by atoms with Gasteiger partial charge in [-0.2, -0.15) is 17.6 Å². The highest BCUT2D eigenvalue weighted by molar-refractivity contribution is 5.75. The topological polar surface area (TPSA) is 108 Å². The van der Waals surface area contributed by atoms with Crippen LogP contribution in [0.3, 0.4) is 0 Å². The Hall–Kier alpha value is -2.99. The number of benzene rings is 1. The Kier molecular flexibility index (Phi) is 8.49. The van der Waals surface area contributed by atoms with Gasteiger partial charge in [0.2, 0.25) is 11.7 Å². The largest absolute Gasteiger partial charge is 0.416 e. The number of β-amino-alcohol motifs (C(OH)–C–C–N with tert-alkyl or cyclic N) is 1. The number of aliphatic hydroxyl groups is 1. The number of halogens is 4. The van der Waals surface area contributed by atoms with Gasteiger partial charge in [-0.1, -0.05) is 12.1 Å². The highest BCUT2D eigenvalue weighted by atomic mass is 19.4. The molecule has 1 aromatic carbocycles. The summed E-state index contributed by atoms with van der Waals surface area (Å²) in [6.45, 7) is 5.02. The van der Waals surface area contributed by atoms with Crippen LogP contribution in [0.25, 0.3) is 0 Å². The fourth-order valence-electron chi connectivity index (χ4n) is 4.06. The van der Waals surface area contributed by atoms with Gasteiger partial charge in [-0.15, -0.1) is 0 Å². The molecule has 2 aromatic rings. The number of aromatic nitrogens is 2. The third kappa shape index (κ3) is 7.01. The van der Waals surface area contributed by atoms with Crippen molar-refractivity contribution < 1.29 is 27.5 Å². The van der Waals surface area contributed by atoms with E-state index >= 15 is 4.39 Å². The predicted octanol–water partition coefficient (Wildman–Crippen LogP) is 2.63. The van der Waals surface area contributed by atoms with Crippen molar-refractivity contribution in [3.8, 4) is 0 Å². The first kappa shape index (κ1) is 26.6. The molecule has 1 aliphatic heterocycles. The maximum atomic E-state index is 15.4. The van der Waals surface area contributed by atoms with Crippen LogP contribution in [0.15, 0.2) is 30.6 Å². The van der Waals surface area contributed by atoms with Crippen LogP contribution in [0, 0.1) is 11.7 Å². The molecule has 1 amide bonds. The second kappa shape index (κ2) is 11.2. The predicted molar refractivity (Wildman–Crippen MR) is 123 cm³/mol. The molecule has 2 atom stereocenters. The molecule has 8 nitrogen and oxygen atoms in total. The molecule has 12 heteroatoms. The van der Waals surface area contributed by atoms with Gasteiger partial charge in [-0.05, 0) is 44.5 Å². The van der Waals surface area contributed by atoms with E-state index in [1.807, 2.05) is 13.8 Å². The Morgan fingerprint density at radius 3 is 2.54 bits per heavy atom. The van der Waals surface area contributed by atoms with E-state index in [0.29, 0.717) is 25.1 Å². The number of amides is 1. The molecule has 0 spiro atoms. The number of hydrogen-bond donors (Lipinski definition) is 3. The molecule has 192 valence electrons. The Labute approximate surface area is 201 Å². The molecule has 4 N–H and O–H groups in total. The van der Waals surface area contributed by atoms with Gasteiger partial charge in [0.25, 0.3) is 0 Å². The van der Waals surface area contributed by atoms with Gasteiger partial charge in [-0.25, -0.2) is 9.97 Å². The molecule has 0 aliphatic carbocycles. The highest BCUT2D eigenvalue weighted by Crippen LogP contribution is 2.30. The van der Waals surface area contributed by atoms with Crippen LogP contribution in [0.2, 0.25) is 0 Å². The molecular formula is C23H30F4N6O2. The average molecular weight is 499 g/mol. The van der Waals surface area contributed by atoms with E-state index in [-0.39, 0.29) is 43.2 Å². The van der Waals surface area contributed by atoms with E-state index in [1.165, 1.54) is 18.5 Å². The minimum atomic E-state index is -4.43. The van der Waals surface area contributed by atoms with Crippen LogP contribution < -0.4 is 16.0 Å². The van der Waals surface area contributed by atoms with Crippen molar-refractivity contribution in [2.45, 2.75) is 45.1 Å². The number of primary amides is 1. The lowest BCUT2D eigenvalue weighted by molar-refractivity contribution is -0.137. The summed E-state index contributed by atoms with van der Waals surface area (Å²) in [4.78, 5) is 22.6. The number of aliphatic hydroxyl groups excluding tert-OH is 1. The molecular weight excluding hydrogens is 468 g/mol. The number of nitrogens with one attached hydrogen (secondary N) is 1. The number of carbonyl (C=O) groups excluding carboxylic acids is 1. The molecule has 1 fully saturated rings. The number of nitrogens with two attached hydrogens (primary N) is 1.